The van der Waals surface area contributed by atoms with Crippen LogP contribution in [0.2, 0.25) is 0 Å². The van der Waals surface area contributed by atoms with Crippen LogP contribution in [0.3, 0.4) is 0 Å². The lowest BCUT2D eigenvalue weighted by Crippen LogP contribution is -2.49. The van der Waals surface area contributed by atoms with Crippen molar-refractivity contribution in [2.24, 2.45) is 5.92 Å². The molecule has 5 nitrogen and oxygen atoms in total. The molecular weight excluding hydrogens is 499 g/mol. The summed E-state index contributed by atoms with van der Waals surface area (Å²) in [5, 5.41) is 3.18. The molecule has 0 spiro atoms. The Kier molecular flexibility index (Phi) is 11.4. The molecule has 0 aromatic carbocycles. The summed E-state index contributed by atoms with van der Waals surface area (Å²) in [6.07, 6.45) is 14.3. The third-order valence-electron chi connectivity index (χ3n) is 8.88. The number of nitrogens with zero attached hydrogens (tertiary/aromatic N) is 3. The predicted octanol–water partition coefficient (Wildman–Crippen LogP) is 8.19. The Morgan fingerprint density at radius 1 is 1.07 bits per heavy atom. The summed E-state index contributed by atoms with van der Waals surface area (Å²) < 4.78 is 21.8. The smallest absolute Gasteiger partial charge is 0.153 e. The van der Waals surface area contributed by atoms with Gasteiger partial charge in [0.2, 0.25) is 0 Å². The van der Waals surface area contributed by atoms with Gasteiger partial charge in [0.05, 0.1) is 30.8 Å². The summed E-state index contributed by atoms with van der Waals surface area (Å²) in [7, 11) is 0. The van der Waals surface area contributed by atoms with Crippen LogP contribution in [0.1, 0.15) is 85.5 Å². The SMILES string of the molecule is C=C(Nc1ccc(N2CCC(N3CCOCC3)CC2)cn1)/C(F)=C(C(=C(C)C)C1CCCC1)\C(C)=C/CCCC. The van der Waals surface area contributed by atoms with Gasteiger partial charge in [-0.05, 0) is 82.1 Å². The number of morpholine rings is 1. The van der Waals surface area contributed by atoms with Gasteiger partial charge in [0.15, 0.2) is 5.83 Å². The van der Waals surface area contributed by atoms with Crippen molar-refractivity contribution in [2.75, 3.05) is 49.6 Å². The van der Waals surface area contributed by atoms with Gasteiger partial charge >= 0.3 is 0 Å². The van der Waals surface area contributed by atoms with E-state index in [0.29, 0.717) is 17.8 Å². The lowest BCUT2D eigenvalue weighted by Gasteiger charge is -2.40. The van der Waals surface area contributed by atoms with Crippen molar-refractivity contribution in [3.8, 4) is 0 Å². The summed E-state index contributed by atoms with van der Waals surface area (Å²) in [5.41, 5.74) is 5.53. The van der Waals surface area contributed by atoms with Gasteiger partial charge in [-0.2, -0.15) is 0 Å². The van der Waals surface area contributed by atoms with Gasteiger partial charge in [0, 0.05) is 37.8 Å². The number of piperidine rings is 1. The van der Waals surface area contributed by atoms with Crippen LogP contribution in [0.25, 0.3) is 0 Å². The number of aromatic nitrogens is 1. The predicted molar refractivity (Wildman–Crippen MR) is 166 cm³/mol. The fraction of sp³-hybridized carbons (Fsp3) is 0.618. The quantitative estimate of drug-likeness (QED) is 0.222. The highest BCUT2D eigenvalue weighted by atomic mass is 19.1. The molecule has 40 heavy (non-hydrogen) atoms. The van der Waals surface area contributed by atoms with E-state index in [4.69, 9.17) is 4.74 Å². The van der Waals surface area contributed by atoms with E-state index in [1.807, 2.05) is 12.3 Å². The molecule has 0 bridgehead atoms. The van der Waals surface area contributed by atoms with Crippen LogP contribution in [-0.4, -0.2) is 55.3 Å². The first-order valence-corrected chi connectivity index (χ1v) is 15.6. The minimum Gasteiger partial charge on any atom is -0.379 e. The van der Waals surface area contributed by atoms with Gasteiger partial charge in [-0.1, -0.05) is 50.8 Å². The number of pyridine rings is 1. The molecule has 0 amide bonds. The molecule has 1 saturated carbocycles. The van der Waals surface area contributed by atoms with Gasteiger partial charge in [-0.3, -0.25) is 4.90 Å². The first-order valence-electron chi connectivity index (χ1n) is 15.6. The van der Waals surface area contributed by atoms with Crippen molar-refractivity contribution in [1.29, 1.82) is 0 Å². The fourth-order valence-corrected chi connectivity index (χ4v) is 6.64. The number of hydrogen-bond donors (Lipinski definition) is 1. The van der Waals surface area contributed by atoms with Crippen LogP contribution in [-0.2, 0) is 4.74 Å². The first-order chi connectivity index (χ1) is 19.4. The molecule has 3 aliphatic rings. The second kappa shape index (κ2) is 15.0. The molecule has 0 atom stereocenters. The minimum absolute atomic E-state index is 0.260. The maximum absolute atomic E-state index is 16.3. The average molecular weight is 551 g/mol. The van der Waals surface area contributed by atoms with Gasteiger partial charge in [-0.15, -0.1) is 0 Å². The van der Waals surface area contributed by atoms with Crippen LogP contribution in [0.4, 0.5) is 15.9 Å². The van der Waals surface area contributed by atoms with E-state index in [2.05, 4.69) is 66.5 Å². The highest BCUT2D eigenvalue weighted by molar-refractivity contribution is 5.58. The number of anilines is 2. The molecule has 4 rings (SSSR count). The number of unbranched alkanes of at least 4 members (excludes halogenated alkanes) is 2. The zero-order chi connectivity index (χ0) is 28.5. The normalized spacial score (nSPS) is 20.4. The molecule has 3 fully saturated rings. The van der Waals surface area contributed by atoms with Gasteiger partial charge < -0.3 is 15.0 Å². The second-order valence-electron chi connectivity index (χ2n) is 12.0. The van der Waals surface area contributed by atoms with Crippen molar-refractivity contribution < 1.29 is 9.13 Å². The molecule has 6 heteroatoms. The molecule has 0 radical (unpaired) electrons. The lowest BCUT2D eigenvalue weighted by atomic mass is 9.83. The summed E-state index contributed by atoms with van der Waals surface area (Å²) in [4.78, 5) is 9.65. The number of nitrogens with one attached hydrogen (secondary N) is 1. The van der Waals surface area contributed by atoms with E-state index < -0.39 is 0 Å². The first kappa shape index (κ1) is 30.5. The largest absolute Gasteiger partial charge is 0.379 e. The van der Waals surface area contributed by atoms with Gasteiger partial charge in [0.1, 0.15) is 5.82 Å². The Morgan fingerprint density at radius 2 is 1.77 bits per heavy atom. The second-order valence-corrected chi connectivity index (χ2v) is 12.0. The zero-order valence-electron chi connectivity index (χ0n) is 25.4. The summed E-state index contributed by atoms with van der Waals surface area (Å²) >= 11 is 0. The van der Waals surface area contributed by atoms with Crippen molar-refractivity contribution in [3.05, 3.63) is 64.8 Å². The van der Waals surface area contributed by atoms with E-state index in [9.17, 15) is 0 Å². The molecule has 1 aromatic rings. The molecule has 2 saturated heterocycles. The topological polar surface area (TPSA) is 40.6 Å². The van der Waals surface area contributed by atoms with Crippen molar-refractivity contribution in [2.45, 2.75) is 91.5 Å². The average Bonchev–Trinajstić information content (AvgIpc) is 3.51. The summed E-state index contributed by atoms with van der Waals surface area (Å²) in [5.74, 6) is 0.779. The van der Waals surface area contributed by atoms with Crippen molar-refractivity contribution >= 4 is 11.5 Å². The molecule has 0 unspecified atom stereocenters. The van der Waals surface area contributed by atoms with Crippen molar-refractivity contribution in [1.82, 2.24) is 9.88 Å². The number of halogens is 1. The number of ether oxygens (including phenoxy) is 1. The van der Waals surface area contributed by atoms with E-state index in [1.165, 1.54) is 24.0 Å². The maximum atomic E-state index is 16.3. The number of allylic oxidation sites excluding steroid dienone is 6. The van der Waals surface area contributed by atoms with Crippen LogP contribution in [0.15, 0.2) is 64.8 Å². The highest BCUT2D eigenvalue weighted by Gasteiger charge is 2.28. The van der Waals surface area contributed by atoms with Crippen LogP contribution in [0, 0.1) is 5.92 Å². The third-order valence-corrected chi connectivity index (χ3v) is 8.88. The summed E-state index contributed by atoms with van der Waals surface area (Å²) in [6.45, 7) is 18.5. The van der Waals surface area contributed by atoms with E-state index in [1.54, 1.807) is 0 Å². The van der Waals surface area contributed by atoms with E-state index in [-0.39, 0.29) is 11.5 Å². The summed E-state index contributed by atoms with van der Waals surface area (Å²) in [6, 6.07) is 4.69. The fourth-order valence-electron chi connectivity index (χ4n) is 6.64. The Hall–Kier alpha value is -2.44. The zero-order valence-corrected chi connectivity index (χ0v) is 25.4. The lowest BCUT2D eigenvalue weighted by molar-refractivity contribution is 0.0115. The number of hydrogen-bond acceptors (Lipinski definition) is 5. The standard InChI is InChI=1S/C34H51FN4O/c1-6-7-8-11-26(4)33(32(25(2)3)28-12-9-10-13-28)34(35)27(5)37-31-15-14-30(24-36-31)38-18-16-29(17-19-38)39-20-22-40-23-21-39/h11,14-15,24,28-29H,5-10,12-13,16-23H2,1-4H3,(H,36,37)/b26-11-,34-33-. The third kappa shape index (κ3) is 7.85. The molecule has 1 aromatic heterocycles. The van der Waals surface area contributed by atoms with Crippen molar-refractivity contribution in [3.63, 3.8) is 0 Å². The molecule has 3 heterocycles. The Labute approximate surface area is 242 Å². The maximum Gasteiger partial charge on any atom is 0.153 e. The molecule has 1 N–H and O–H groups in total. The van der Waals surface area contributed by atoms with Crippen LogP contribution < -0.4 is 10.2 Å². The molecule has 2 aliphatic heterocycles. The highest BCUT2D eigenvalue weighted by Crippen LogP contribution is 2.41. The Balaban J connectivity index is 1.45. The Bertz CT molecular complexity index is 1070. The van der Waals surface area contributed by atoms with E-state index >= 15 is 4.39 Å². The number of rotatable bonds is 11. The molecule has 220 valence electrons. The van der Waals surface area contributed by atoms with Crippen LogP contribution >= 0.6 is 0 Å². The van der Waals surface area contributed by atoms with Gasteiger partial charge in [0.25, 0.3) is 0 Å². The Morgan fingerprint density at radius 3 is 2.38 bits per heavy atom. The monoisotopic (exact) mass is 550 g/mol. The molecular formula is C34H51FN4O. The van der Waals surface area contributed by atoms with E-state index in [0.717, 1.165) is 101 Å². The minimum atomic E-state index is -0.260. The molecule has 1 aliphatic carbocycles. The van der Waals surface area contributed by atoms with Gasteiger partial charge in [-0.25, -0.2) is 9.37 Å². The van der Waals surface area contributed by atoms with Crippen LogP contribution in [0.5, 0.6) is 0 Å².